The molecular weight excluding hydrogens is 401 g/mol. The van der Waals surface area contributed by atoms with E-state index in [2.05, 4.69) is 10.4 Å². The molecule has 7 nitrogen and oxygen atoms in total. The van der Waals surface area contributed by atoms with Gasteiger partial charge < -0.3 is 15.0 Å². The SMILES string of the molecule is CN1C(=O)[C@@H](NC(=O)c2c3c(nn2C)CC[C@H](C(F)(F)F)C3)COc2ccccc21. The maximum Gasteiger partial charge on any atom is 0.392 e. The first-order valence-corrected chi connectivity index (χ1v) is 9.58. The largest absolute Gasteiger partial charge is 0.489 e. The lowest BCUT2D eigenvalue weighted by atomic mass is 9.86. The fraction of sp³-hybridized carbons (Fsp3) is 0.450. The number of fused-ring (bicyclic) bond motifs is 2. The monoisotopic (exact) mass is 422 g/mol. The second kappa shape index (κ2) is 7.33. The molecule has 0 saturated heterocycles. The second-order valence-electron chi connectivity index (χ2n) is 7.58. The number of rotatable bonds is 2. The van der Waals surface area contributed by atoms with E-state index in [9.17, 15) is 22.8 Å². The highest BCUT2D eigenvalue weighted by Gasteiger charge is 2.43. The summed E-state index contributed by atoms with van der Waals surface area (Å²) in [5.41, 5.74) is 1.42. The van der Waals surface area contributed by atoms with Gasteiger partial charge in [-0.05, 0) is 31.4 Å². The van der Waals surface area contributed by atoms with Gasteiger partial charge >= 0.3 is 6.18 Å². The number of aromatic nitrogens is 2. The maximum absolute atomic E-state index is 13.2. The summed E-state index contributed by atoms with van der Waals surface area (Å²) >= 11 is 0. The number of anilines is 1. The molecule has 10 heteroatoms. The molecule has 1 aliphatic heterocycles. The molecule has 0 fully saturated rings. The van der Waals surface area contributed by atoms with Gasteiger partial charge in [0.15, 0.2) is 0 Å². The van der Waals surface area contributed by atoms with Crippen LogP contribution in [-0.4, -0.2) is 47.5 Å². The maximum atomic E-state index is 13.2. The van der Waals surface area contributed by atoms with Crippen LogP contribution in [0.2, 0.25) is 0 Å². The average Bonchev–Trinajstić information content (AvgIpc) is 2.98. The number of para-hydroxylation sites is 2. The van der Waals surface area contributed by atoms with Gasteiger partial charge in [-0.25, -0.2) is 0 Å². The molecule has 160 valence electrons. The van der Waals surface area contributed by atoms with Gasteiger partial charge in [-0.3, -0.25) is 14.3 Å². The molecule has 4 rings (SSSR count). The fourth-order valence-corrected chi connectivity index (χ4v) is 4.04. The van der Waals surface area contributed by atoms with Crippen molar-refractivity contribution in [3.05, 3.63) is 41.2 Å². The van der Waals surface area contributed by atoms with E-state index in [1.54, 1.807) is 31.3 Å². The van der Waals surface area contributed by atoms with Crippen LogP contribution in [0.3, 0.4) is 0 Å². The van der Waals surface area contributed by atoms with E-state index in [-0.39, 0.29) is 37.5 Å². The number of halogens is 3. The summed E-state index contributed by atoms with van der Waals surface area (Å²) in [6.07, 6.45) is -4.52. The third-order valence-electron chi connectivity index (χ3n) is 5.65. The first kappa shape index (κ1) is 20.2. The van der Waals surface area contributed by atoms with Crippen LogP contribution < -0.4 is 15.0 Å². The van der Waals surface area contributed by atoms with Crippen molar-refractivity contribution in [1.82, 2.24) is 15.1 Å². The number of hydrogen-bond acceptors (Lipinski definition) is 4. The third-order valence-corrected chi connectivity index (χ3v) is 5.65. The van der Waals surface area contributed by atoms with Gasteiger partial charge in [-0.15, -0.1) is 0 Å². The zero-order chi connectivity index (χ0) is 21.6. The number of aryl methyl sites for hydroxylation is 2. The zero-order valence-electron chi connectivity index (χ0n) is 16.5. The molecule has 0 saturated carbocycles. The average molecular weight is 422 g/mol. The van der Waals surface area contributed by atoms with Gasteiger partial charge in [0, 0.05) is 19.7 Å². The van der Waals surface area contributed by atoms with Crippen molar-refractivity contribution in [3.63, 3.8) is 0 Å². The summed E-state index contributed by atoms with van der Waals surface area (Å²) in [6.45, 7) is -0.0862. The number of nitrogens with one attached hydrogen (secondary N) is 1. The molecule has 2 aliphatic rings. The Labute approximate surface area is 170 Å². The first-order chi connectivity index (χ1) is 14.2. The number of benzene rings is 1. The molecule has 2 atom stereocenters. The van der Waals surface area contributed by atoms with E-state index in [4.69, 9.17) is 4.74 Å². The van der Waals surface area contributed by atoms with Gasteiger partial charge in [0.05, 0.1) is 17.3 Å². The standard InChI is InChI=1S/C20H21F3N4O3/c1-26-15-5-3-4-6-16(15)30-10-14(19(26)29)24-18(28)17-12-9-11(20(21,22)23)7-8-13(12)25-27(17)2/h3-6,11,14H,7-10H2,1-2H3,(H,24,28)/t11-,14-/m0/s1. The van der Waals surface area contributed by atoms with Crippen LogP contribution in [0, 0.1) is 5.92 Å². The minimum absolute atomic E-state index is 0.0490. The molecule has 30 heavy (non-hydrogen) atoms. The van der Waals surface area contributed by atoms with E-state index in [1.807, 2.05) is 0 Å². The molecule has 2 amide bonds. The Morgan fingerprint density at radius 1 is 1.27 bits per heavy atom. The van der Waals surface area contributed by atoms with E-state index < -0.39 is 24.0 Å². The Morgan fingerprint density at radius 2 is 2.00 bits per heavy atom. The summed E-state index contributed by atoms with van der Waals surface area (Å²) < 4.78 is 46.6. The van der Waals surface area contributed by atoms with Crippen LogP contribution in [0.1, 0.15) is 28.2 Å². The minimum Gasteiger partial charge on any atom is -0.489 e. The lowest BCUT2D eigenvalue weighted by Crippen LogP contribution is -2.49. The predicted molar refractivity (Wildman–Crippen MR) is 101 cm³/mol. The van der Waals surface area contributed by atoms with Crippen LogP contribution in [-0.2, 0) is 24.7 Å². The Hall–Kier alpha value is -3.04. The Morgan fingerprint density at radius 3 is 2.73 bits per heavy atom. The van der Waals surface area contributed by atoms with E-state index in [0.29, 0.717) is 22.7 Å². The molecule has 1 N–H and O–H groups in total. The Kier molecular flexibility index (Phi) is 4.95. The number of amides is 2. The number of hydrogen-bond donors (Lipinski definition) is 1. The number of likely N-dealkylation sites (N-methyl/N-ethyl adjacent to an activating group) is 1. The van der Waals surface area contributed by atoms with Crippen molar-refractivity contribution in [2.75, 3.05) is 18.6 Å². The molecule has 0 spiro atoms. The summed E-state index contributed by atoms with van der Waals surface area (Å²) in [4.78, 5) is 27.2. The van der Waals surface area contributed by atoms with E-state index >= 15 is 0 Å². The van der Waals surface area contributed by atoms with Crippen molar-refractivity contribution in [3.8, 4) is 5.75 Å². The highest BCUT2D eigenvalue weighted by Crippen LogP contribution is 2.38. The predicted octanol–water partition coefficient (Wildman–Crippen LogP) is 2.24. The number of nitrogens with zero attached hydrogens (tertiary/aromatic N) is 3. The quantitative estimate of drug-likeness (QED) is 0.806. The molecule has 0 radical (unpaired) electrons. The smallest absolute Gasteiger partial charge is 0.392 e. The number of alkyl halides is 3. The number of carbonyl (C=O) groups excluding carboxylic acids is 2. The highest BCUT2D eigenvalue weighted by atomic mass is 19.4. The first-order valence-electron chi connectivity index (χ1n) is 9.58. The lowest BCUT2D eigenvalue weighted by Gasteiger charge is -2.24. The molecular formula is C20H21F3N4O3. The molecule has 2 aromatic rings. The van der Waals surface area contributed by atoms with Gasteiger partial charge in [-0.1, -0.05) is 12.1 Å². The van der Waals surface area contributed by atoms with E-state index in [1.165, 1.54) is 16.6 Å². The lowest BCUT2D eigenvalue weighted by molar-refractivity contribution is -0.177. The van der Waals surface area contributed by atoms with Gasteiger partial charge in [0.1, 0.15) is 24.1 Å². The summed E-state index contributed by atoms with van der Waals surface area (Å²) in [5, 5.41) is 6.85. The van der Waals surface area contributed by atoms with Crippen LogP contribution in [0.4, 0.5) is 18.9 Å². The highest BCUT2D eigenvalue weighted by molar-refractivity contribution is 6.03. The molecule has 1 aromatic heterocycles. The van der Waals surface area contributed by atoms with Crippen molar-refractivity contribution >= 4 is 17.5 Å². The van der Waals surface area contributed by atoms with Crippen LogP contribution in [0.5, 0.6) is 5.75 Å². The van der Waals surface area contributed by atoms with Gasteiger partial charge in [-0.2, -0.15) is 18.3 Å². The summed E-state index contributed by atoms with van der Waals surface area (Å²) in [5.74, 6) is -2.02. The molecule has 2 heterocycles. The topological polar surface area (TPSA) is 76.5 Å². The normalized spacial score (nSPS) is 21.4. The second-order valence-corrected chi connectivity index (χ2v) is 7.58. The van der Waals surface area contributed by atoms with Crippen molar-refractivity contribution in [1.29, 1.82) is 0 Å². The Balaban J connectivity index is 1.57. The minimum atomic E-state index is -4.33. The molecule has 1 aliphatic carbocycles. The van der Waals surface area contributed by atoms with Crippen molar-refractivity contribution < 1.29 is 27.5 Å². The summed E-state index contributed by atoms with van der Waals surface area (Å²) in [6, 6.07) is 6.01. The number of carbonyl (C=O) groups is 2. The third kappa shape index (κ3) is 3.50. The zero-order valence-corrected chi connectivity index (χ0v) is 16.5. The molecule has 0 unspecified atom stereocenters. The van der Waals surface area contributed by atoms with Gasteiger partial charge in [0.25, 0.3) is 11.8 Å². The van der Waals surface area contributed by atoms with Gasteiger partial charge in [0.2, 0.25) is 0 Å². The fourth-order valence-electron chi connectivity index (χ4n) is 4.04. The molecule has 1 aromatic carbocycles. The Bertz CT molecular complexity index is 1000. The molecule has 0 bridgehead atoms. The van der Waals surface area contributed by atoms with E-state index in [0.717, 1.165) is 0 Å². The van der Waals surface area contributed by atoms with Crippen LogP contribution >= 0.6 is 0 Å². The van der Waals surface area contributed by atoms with Crippen LogP contribution in [0.25, 0.3) is 0 Å². The van der Waals surface area contributed by atoms with Crippen molar-refractivity contribution in [2.45, 2.75) is 31.5 Å². The van der Waals surface area contributed by atoms with Crippen molar-refractivity contribution in [2.24, 2.45) is 13.0 Å². The number of ether oxygens (including phenoxy) is 1. The van der Waals surface area contributed by atoms with Crippen LogP contribution in [0.15, 0.2) is 24.3 Å². The summed E-state index contributed by atoms with van der Waals surface area (Å²) in [7, 11) is 3.10.